The quantitative estimate of drug-likeness (QED) is 0.723. The van der Waals surface area contributed by atoms with Gasteiger partial charge in [0.1, 0.15) is 11.9 Å². The monoisotopic (exact) mass is 290 g/mol. The maximum atomic E-state index is 11.7. The fourth-order valence-electron chi connectivity index (χ4n) is 1.47. The Kier molecular flexibility index (Phi) is 6.03. The van der Waals surface area contributed by atoms with E-state index < -0.39 is 7.60 Å². The molecule has 1 aromatic carbocycles. The molecule has 0 amide bonds. The zero-order valence-electron chi connectivity index (χ0n) is 10.4. The van der Waals surface area contributed by atoms with Crippen molar-refractivity contribution in [2.75, 3.05) is 20.4 Å². The zero-order valence-corrected chi connectivity index (χ0v) is 12.0. The van der Waals surface area contributed by atoms with Gasteiger partial charge in [0.05, 0.1) is 0 Å². The minimum absolute atomic E-state index is 0.165. The number of carbonyl (C=O) groups excluding carboxylic acids is 1. The van der Waals surface area contributed by atoms with E-state index in [2.05, 4.69) is 0 Å². The molecule has 0 bridgehead atoms. The van der Waals surface area contributed by atoms with Crippen molar-refractivity contribution in [2.24, 2.45) is 0 Å². The Morgan fingerprint density at radius 3 is 2.44 bits per heavy atom. The number of halogens is 1. The molecule has 0 radical (unpaired) electrons. The number of rotatable bonds is 7. The van der Waals surface area contributed by atoms with Crippen LogP contribution >= 0.6 is 19.2 Å². The second-order valence-electron chi connectivity index (χ2n) is 3.76. The van der Waals surface area contributed by atoms with Crippen LogP contribution in [-0.4, -0.2) is 26.2 Å². The summed E-state index contributed by atoms with van der Waals surface area (Å²) in [5, 5.41) is 0.631. The molecule has 0 heterocycles. The average Bonchev–Trinajstić information content (AvgIpc) is 2.37. The second kappa shape index (κ2) is 7.05. The molecule has 18 heavy (non-hydrogen) atoms. The predicted molar refractivity (Wildman–Crippen MR) is 71.3 cm³/mol. The normalized spacial score (nSPS) is 11.5. The summed E-state index contributed by atoms with van der Waals surface area (Å²) in [6, 6.07) is 7.33. The molecule has 1 aromatic rings. The molecular formula is C12H16ClO4P. The molecule has 0 aliphatic carbocycles. The summed E-state index contributed by atoms with van der Waals surface area (Å²) >= 11 is 5.98. The first-order valence-corrected chi connectivity index (χ1v) is 7.57. The van der Waals surface area contributed by atoms with Crippen molar-refractivity contribution in [1.29, 1.82) is 0 Å². The van der Waals surface area contributed by atoms with E-state index in [1.54, 1.807) is 6.07 Å². The highest BCUT2D eigenvalue weighted by Crippen LogP contribution is 2.46. The zero-order chi connectivity index (χ0) is 13.6. The first kappa shape index (κ1) is 15.4. The van der Waals surface area contributed by atoms with Crippen LogP contribution in [0.25, 0.3) is 0 Å². The lowest BCUT2D eigenvalue weighted by molar-refractivity contribution is -0.116. The van der Waals surface area contributed by atoms with Gasteiger partial charge in [-0.2, -0.15) is 0 Å². The second-order valence-corrected chi connectivity index (χ2v) is 6.44. The lowest BCUT2D eigenvalue weighted by Crippen LogP contribution is -2.09. The molecule has 0 spiro atoms. The molecule has 4 nitrogen and oxygen atoms in total. The lowest BCUT2D eigenvalue weighted by Gasteiger charge is -2.12. The Bertz CT molecular complexity index is 453. The van der Waals surface area contributed by atoms with Gasteiger partial charge in [0.15, 0.2) is 0 Å². The summed E-state index contributed by atoms with van der Waals surface area (Å²) < 4.78 is 21.2. The van der Waals surface area contributed by atoms with Gasteiger partial charge in [-0.15, -0.1) is 0 Å². The van der Waals surface area contributed by atoms with E-state index in [0.717, 1.165) is 5.56 Å². The highest BCUT2D eigenvalue weighted by molar-refractivity contribution is 7.54. The van der Waals surface area contributed by atoms with E-state index in [1.807, 2.05) is 18.2 Å². The van der Waals surface area contributed by atoms with Crippen molar-refractivity contribution in [2.45, 2.75) is 12.8 Å². The minimum atomic E-state index is -3.25. The van der Waals surface area contributed by atoms with Gasteiger partial charge in [-0.3, -0.25) is 9.36 Å². The molecule has 1 rings (SSSR count). The maximum absolute atomic E-state index is 11.7. The van der Waals surface area contributed by atoms with Crippen molar-refractivity contribution in [3.8, 4) is 0 Å². The largest absolute Gasteiger partial charge is 0.337 e. The molecule has 0 atom stereocenters. The molecular weight excluding hydrogens is 275 g/mol. The van der Waals surface area contributed by atoms with Crippen LogP contribution in [0.5, 0.6) is 0 Å². The van der Waals surface area contributed by atoms with E-state index in [4.69, 9.17) is 20.6 Å². The van der Waals surface area contributed by atoms with Crippen LogP contribution in [0.3, 0.4) is 0 Å². The van der Waals surface area contributed by atoms with Crippen LogP contribution in [0.2, 0.25) is 5.02 Å². The molecule has 6 heteroatoms. The number of benzene rings is 1. The van der Waals surface area contributed by atoms with Gasteiger partial charge in [0, 0.05) is 25.7 Å². The summed E-state index contributed by atoms with van der Waals surface area (Å²) in [7, 11) is -0.714. The van der Waals surface area contributed by atoms with Gasteiger partial charge in [-0.1, -0.05) is 29.8 Å². The van der Waals surface area contributed by atoms with Gasteiger partial charge < -0.3 is 9.05 Å². The molecule has 0 aliphatic rings. The van der Waals surface area contributed by atoms with E-state index in [9.17, 15) is 9.36 Å². The van der Waals surface area contributed by atoms with E-state index in [1.165, 1.54) is 14.2 Å². The Morgan fingerprint density at radius 1 is 1.28 bits per heavy atom. The Morgan fingerprint density at radius 2 is 1.89 bits per heavy atom. The van der Waals surface area contributed by atoms with Crippen LogP contribution < -0.4 is 0 Å². The minimum Gasteiger partial charge on any atom is -0.312 e. The van der Waals surface area contributed by atoms with Crippen molar-refractivity contribution >= 4 is 25.0 Å². The third-order valence-electron chi connectivity index (χ3n) is 2.56. The van der Waals surface area contributed by atoms with Crippen molar-refractivity contribution < 1.29 is 18.4 Å². The molecule has 0 N–H and O–H groups in total. The molecule has 0 saturated heterocycles. The predicted octanol–water partition coefficient (Wildman–Crippen LogP) is 3.33. The Labute approximate surface area is 112 Å². The lowest BCUT2D eigenvalue weighted by atomic mass is 10.1. The number of hydrogen-bond acceptors (Lipinski definition) is 4. The van der Waals surface area contributed by atoms with Gasteiger partial charge in [-0.05, 0) is 18.1 Å². The highest BCUT2D eigenvalue weighted by Gasteiger charge is 2.25. The molecule has 0 aliphatic heterocycles. The number of Topliss-reactive ketones (excluding diaryl/α,β-unsaturated/α-hetero) is 1. The third kappa shape index (κ3) is 4.54. The molecule has 0 aromatic heterocycles. The number of ketones is 1. The van der Waals surface area contributed by atoms with Crippen molar-refractivity contribution in [3.05, 3.63) is 34.9 Å². The standard InChI is InChI=1S/C12H16ClO4P/c1-16-18(15,17-2)9-11(14)8-7-10-5-3-4-6-12(10)13/h3-6H,7-9H2,1-2H3. The van der Waals surface area contributed by atoms with Crippen LogP contribution in [0.15, 0.2) is 24.3 Å². The topological polar surface area (TPSA) is 52.6 Å². The molecule has 100 valence electrons. The molecule has 0 unspecified atom stereocenters. The maximum Gasteiger partial charge on any atom is 0.337 e. The Hall–Kier alpha value is -0.670. The van der Waals surface area contributed by atoms with Gasteiger partial charge >= 0.3 is 7.60 Å². The van der Waals surface area contributed by atoms with Crippen LogP contribution in [0.4, 0.5) is 0 Å². The summed E-state index contributed by atoms with van der Waals surface area (Å²) in [6.07, 6.45) is 0.580. The van der Waals surface area contributed by atoms with Crippen LogP contribution in [0, 0.1) is 0 Å². The summed E-state index contributed by atoms with van der Waals surface area (Å²) in [5.41, 5.74) is 0.900. The summed E-state index contributed by atoms with van der Waals surface area (Å²) in [6.45, 7) is 0. The van der Waals surface area contributed by atoms with Gasteiger partial charge in [-0.25, -0.2) is 0 Å². The van der Waals surface area contributed by atoms with Crippen molar-refractivity contribution in [3.63, 3.8) is 0 Å². The highest BCUT2D eigenvalue weighted by atomic mass is 35.5. The first-order chi connectivity index (χ1) is 8.50. The molecule has 0 fully saturated rings. The van der Waals surface area contributed by atoms with Gasteiger partial charge in [0.2, 0.25) is 0 Å². The van der Waals surface area contributed by atoms with Crippen molar-refractivity contribution in [1.82, 2.24) is 0 Å². The fraction of sp³-hybridized carbons (Fsp3) is 0.417. The molecule has 0 saturated carbocycles. The van der Waals surface area contributed by atoms with Gasteiger partial charge in [0.25, 0.3) is 0 Å². The third-order valence-corrected chi connectivity index (χ3v) is 4.78. The number of carbonyl (C=O) groups is 1. The van der Waals surface area contributed by atoms with E-state index in [-0.39, 0.29) is 18.4 Å². The summed E-state index contributed by atoms with van der Waals surface area (Å²) in [4.78, 5) is 11.7. The Balaban J connectivity index is 2.52. The fourth-order valence-corrected chi connectivity index (χ4v) is 2.70. The first-order valence-electron chi connectivity index (χ1n) is 5.46. The SMILES string of the molecule is COP(=O)(CC(=O)CCc1ccccc1Cl)OC. The number of hydrogen-bond donors (Lipinski definition) is 0. The smallest absolute Gasteiger partial charge is 0.312 e. The average molecular weight is 291 g/mol. The number of aryl methyl sites for hydroxylation is 1. The van der Waals surface area contributed by atoms with Crippen LogP contribution in [0.1, 0.15) is 12.0 Å². The van der Waals surface area contributed by atoms with E-state index >= 15 is 0 Å². The van der Waals surface area contributed by atoms with E-state index in [0.29, 0.717) is 11.4 Å². The van der Waals surface area contributed by atoms with Crippen LogP contribution in [-0.2, 0) is 24.8 Å². The summed E-state index contributed by atoms with van der Waals surface area (Å²) in [5.74, 6) is -0.165.